The summed E-state index contributed by atoms with van der Waals surface area (Å²) in [7, 11) is 0. The maximum atomic E-state index is 12.0. The molecule has 1 saturated heterocycles. The molecule has 0 bridgehead atoms. The van der Waals surface area contributed by atoms with Crippen LogP contribution in [0.15, 0.2) is 23.8 Å². The van der Waals surface area contributed by atoms with Crippen molar-refractivity contribution in [3.05, 3.63) is 23.8 Å². The smallest absolute Gasteiger partial charge is 0.178 e. The number of fused-ring (bicyclic) bond motifs is 5. The van der Waals surface area contributed by atoms with Gasteiger partial charge in [0.2, 0.25) is 0 Å². The van der Waals surface area contributed by atoms with E-state index < -0.39 is 11.2 Å². The predicted molar refractivity (Wildman–Crippen MR) is 125 cm³/mol. The van der Waals surface area contributed by atoms with Crippen LogP contribution in [0.5, 0.6) is 0 Å². The molecule has 0 unspecified atom stereocenters. The van der Waals surface area contributed by atoms with Gasteiger partial charge in [0.05, 0.1) is 23.4 Å². The molecule has 1 aliphatic heterocycles. The van der Waals surface area contributed by atoms with Crippen molar-refractivity contribution < 1.29 is 19.7 Å². The number of aliphatic hydroxyl groups excluding tert-OH is 1. The number of hydrogen-bond acceptors (Lipinski definition) is 4. The van der Waals surface area contributed by atoms with Crippen LogP contribution in [0.2, 0.25) is 0 Å². The van der Waals surface area contributed by atoms with E-state index in [1.807, 2.05) is 20.8 Å². The minimum atomic E-state index is -0.801. The molecule has 4 aliphatic carbocycles. The molecule has 4 heteroatoms. The summed E-state index contributed by atoms with van der Waals surface area (Å²) in [4.78, 5) is 12.0. The summed E-state index contributed by atoms with van der Waals surface area (Å²) in [6.45, 7) is 13.0. The molecular weight excluding hydrogens is 400 g/mol. The van der Waals surface area contributed by atoms with Crippen LogP contribution in [-0.2, 0) is 9.53 Å². The molecule has 0 aromatic heterocycles. The number of carbonyl (C=O) groups is 1. The lowest BCUT2D eigenvalue weighted by atomic mass is 9.46. The Morgan fingerprint density at radius 3 is 2.47 bits per heavy atom. The van der Waals surface area contributed by atoms with Gasteiger partial charge in [-0.25, -0.2) is 0 Å². The topological polar surface area (TPSA) is 66.8 Å². The quantitative estimate of drug-likeness (QED) is 0.642. The summed E-state index contributed by atoms with van der Waals surface area (Å²) >= 11 is 0. The molecule has 4 fully saturated rings. The second-order valence-corrected chi connectivity index (χ2v) is 13.0. The number of aliphatic hydroxyl groups is 2. The second-order valence-electron chi connectivity index (χ2n) is 13.0. The fourth-order valence-electron chi connectivity index (χ4n) is 8.81. The number of carbonyl (C=O) groups excluding carboxylic acids is 1. The van der Waals surface area contributed by atoms with Gasteiger partial charge >= 0.3 is 0 Å². The van der Waals surface area contributed by atoms with E-state index in [0.717, 1.165) is 24.8 Å². The normalized spacial score (nSPS) is 52.8. The van der Waals surface area contributed by atoms with Gasteiger partial charge in [-0.1, -0.05) is 32.4 Å². The Balaban J connectivity index is 1.41. The Bertz CT molecular complexity index is 853. The van der Waals surface area contributed by atoms with Gasteiger partial charge in [-0.05, 0) is 100 Å². The largest absolute Gasteiger partial charge is 0.392 e. The van der Waals surface area contributed by atoms with Crippen LogP contribution in [-0.4, -0.2) is 39.4 Å². The lowest BCUT2D eigenvalue weighted by Gasteiger charge is -2.59. The second kappa shape index (κ2) is 7.02. The summed E-state index contributed by atoms with van der Waals surface area (Å²) in [5, 5.41) is 22.3. The highest BCUT2D eigenvalue weighted by Crippen LogP contribution is 2.67. The molecule has 178 valence electrons. The van der Waals surface area contributed by atoms with Crippen molar-refractivity contribution >= 4 is 5.78 Å². The van der Waals surface area contributed by atoms with Crippen molar-refractivity contribution in [2.24, 2.45) is 40.4 Å². The minimum absolute atomic E-state index is 0.0638. The Morgan fingerprint density at radius 2 is 1.81 bits per heavy atom. The van der Waals surface area contributed by atoms with Gasteiger partial charge in [0.1, 0.15) is 0 Å². The van der Waals surface area contributed by atoms with Crippen molar-refractivity contribution in [2.45, 2.75) is 103 Å². The molecule has 2 N–H and O–H groups in total. The van der Waals surface area contributed by atoms with Crippen LogP contribution in [0.1, 0.15) is 80.1 Å². The highest BCUT2D eigenvalue weighted by molar-refractivity contribution is 6.01. The molecule has 4 nitrogen and oxygen atoms in total. The van der Waals surface area contributed by atoms with Crippen molar-refractivity contribution in [3.63, 3.8) is 0 Å². The van der Waals surface area contributed by atoms with E-state index in [9.17, 15) is 15.0 Å². The Kier molecular flexibility index (Phi) is 5.00. The van der Waals surface area contributed by atoms with E-state index >= 15 is 0 Å². The molecule has 0 aromatic carbocycles. The summed E-state index contributed by atoms with van der Waals surface area (Å²) in [6.07, 6.45) is 11.3. The lowest BCUT2D eigenvalue weighted by molar-refractivity contribution is -0.126. The molecular formula is C28H42O4. The number of ether oxygens (including phenoxy) is 1. The summed E-state index contributed by atoms with van der Waals surface area (Å²) < 4.78 is 6.44. The third-order valence-corrected chi connectivity index (χ3v) is 11.2. The average Bonchev–Trinajstić information content (AvgIpc) is 3.15. The summed E-state index contributed by atoms with van der Waals surface area (Å²) in [6, 6.07) is 0. The van der Waals surface area contributed by atoms with Gasteiger partial charge in [-0.3, -0.25) is 4.79 Å². The molecule has 10 atom stereocenters. The molecule has 0 aromatic rings. The standard InChI is InChI=1S/C28H42O4/c1-16(23-15-28(6,31)25(2,3)32-23)19-7-8-20-24-21(10-12-27(19,20)5)26(4)11-9-18(29)13-17(26)14-22(24)30/h9,11,13,16,19-24,30-31H,7-8,10,12,14-15H2,1-6H3/t16-,19-,20+,21+,22+,23+,24+,26+,27+,28-/m0/s1. The van der Waals surface area contributed by atoms with Crippen LogP contribution in [0.25, 0.3) is 0 Å². The van der Waals surface area contributed by atoms with Crippen molar-refractivity contribution in [3.8, 4) is 0 Å². The molecule has 3 saturated carbocycles. The molecule has 0 radical (unpaired) electrons. The number of hydrogen-bond donors (Lipinski definition) is 2. The van der Waals surface area contributed by atoms with Gasteiger partial charge in [-0.2, -0.15) is 0 Å². The van der Waals surface area contributed by atoms with Crippen molar-refractivity contribution in [1.29, 1.82) is 0 Å². The lowest BCUT2D eigenvalue weighted by Crippen LogP contribution is -2.55. The summed E-state index contributed by atoms with van der Waals surface area (Å²) in [5.41, 5.74) is -0.0990. The SMILES string of the molecule is C[C@H]([C@H]1C[C@](C)(O)C(C)(C)O1)[C@@H]1CC[C@@H]2[C@H]3[C@H](O)CC4=CC(=O)C=C[C@@]4(C)[C@@H]3CC[C@@]21C. The zero-order chi connectivity index (χ0) is 23.3. The van der Waals surface area contributed by atoms with E-state index in [2.05, 4.69) is 26.8 Å². The van der Waals surface area contributed by atoms with Crippen LogP contribution < -0.4 is 0 Å². The van der Waals surface area contributed by atoms with E-state index in [1.165, 1.54) is 6.42 Å². The zero-order valence-corrected chi connectivity index (χ0v) is 20.7. The number of ketones is 1. The Morgan fingerprint density at radius 1 is 1.09 bits per heavy atom. The molecule has 5 rings (SSSR count). The van der Waals surface area contributed by atoms with E-state index in [4.69, 9.17) is 4.74 Å². The van der Waals surface area contributed by atoms with Crippen LogP contribution in [0.3, 0.4) is 0 Å². The Hall–Kier alpha value is -0.970. The third-order valence-electron chi connectivity index (χ3n) is 11.2. The van der Waals surface area contributed by atoms with Crippen LogP contribution in [0, 0.1) is 40.4 Å². The van der Waals surface area contributed by atoms with Gasteiger partial charge < -0.3 is 14.9 Å². The average molecular weight is 443 g/mol. The number of allylic oxidation sites excluding steroid dienone is 3. The first-order chi connectivity index (χ1) is 14.8. The van der Waals surface area contributed by atoms with Gasteiger partial charge in [0.25, 0.3) is 0 Å². The van der Waals surface area contributed by atoms with E-state index in [1.54, 1.807) is 12.2 Å². The molecule has 0 spiro atoms. The van der Waals surface area contributed by atoms with E-state index in [-0.39, 0.29) is 34.7 Å². The fourth-order valence-corrected chi connectivity index (χ4v) is 8.81. The maximum Gasteiger partial charge on any atom is 0.178 e. The van der Waals surface area contributed by atoms with Crippen LogP contribution in [0.4, 0.5) is 0 Å². The highest BCUT2D eigenvalue weighted by Gasteiger charge is 2.62. The molecule has 0 amide bonds. The first-order valence-electron chi connectivity index (χ1n) is 12.8. The molecule has 5 aliphatic rings. The van der Waals surface area contributed by atoms with Crippen molar-refractivity contribution in [1.82, 2.24) is 0 Å². The van der Waals surface area contributed by atoms with Gasteiger partial charge in [0.15, 0.2) is 5.78 Å². The minimum Gasteiger partial charge on any atom is -0.392 e. The fraction of sp³-hybridized carbons (Fsp3) is 0.821. The summed E-state index contributed by atoms with van der Waals surface area (Å²) in [5.74, 6) is 2.18. The molecule has 1 heterocycles. The first kappa shape index (κ1) is 22.8. The zero-order valence-electron chi connectivity index (χ0n) is 20.7. The predicted octanol–water partition coefficient (Wildman–Crippen LogP) is 4.84. The Labute approximate surface area is 193 Å². The number of rotatable bonds is 2. The monoisotopic (exact) mass is 442 g/mol. The highest BCUT2D eigenvalue weighted by atomic mass is 16.5. The van der Waals surface area contributed by atoms with Gasteiger partial charge in [-0.15, -0.1) is 0 Å². The molecule has 32 heavy (non-hydrogen) atoms. The van der Waals surface area contributed by atoms with Crippen molar-refractivity contribution in [2.75, 3.05) is 0 Å². The third kappa shape index (κ3) is 3.01. The first-order valence-corrected chi connectivity index (χ1v) is 12.8. The maximum absolute atomic E-state index is 12.0. The van der Waals surface area contributed by atoms with E-state index in [0.29, 0.717) is 36.5 Å². The van der Waals surface area contributed by atoms with Crippen LogP contribution >= 0.6 is 0 Å². The van der Waals surface area contributed by atoms with Gasteiger partial charge in [0, 0.05) is 11.8 Å².